The average molecular weight is 260 g/mol. The number of methoxy groups -OCH3 is 1. The summed E-state index contributed by atoms with van der Waals surface area (Å²) in [6.07, 6.45) is 4.14. The number of nitrogens with one attached hydrogen (secondary N) is 1. The number of hydrogen-bond acceptors (Lipinski definition) is 3. The summed E-state index contributed by atoms with van der Waals surface area (Å²) in [6, 6.07) is 9.97. The Labute approximate surface area is 115 Å². The second kappa shape index (κ2) is 5.51. The van der Waals surface area contributed by atoms with E-state index in [4.69, 9.17) is 4.74 Å². The minimum atomic E-state index is 0.776. The zero-order valence-corrected chi connectivity index (χ0v) is 11.9. The first-order chi connectivity index (χ1) is 9.24. The van der Waals surface area contributed by atoms with Crippen LogP contribution in [0.2, 0.25) is 0 Å². The van der Waals surface area contributed by atoms with Crippen LogP contribution in [0.25, 0.3) is 0 Å². The minimum absolute atomic E-state index is 0.776. The molecule has 3 nitrogen and oxygen atoms in total. The molecule has 2 aliphatic heterocycles. The van der Waals surface area contributed by atoms with E-state index < -0.39 is 0 Å². The van der Waals surface area contributed by atoms with Gasteiger partial charge in [0.05, 0.1) is 7.11 Å². The number of ether oxygens (including phenoxy) is 1. The molecule has 0 aliphatic carbocycles. The fourth-order valence-corrected chi connectivity index (χ4v) is 3.69. The Balaban J connectivity index is 1.54. The first-order valence-corrected chi connectivity index (χ1v) is 7.32. The summed E-state index contributed by atoms with van der Waals surface area (Å²) in [7, 11) is 3.95. The van der Waals surface area contributed by atoms with Gasteiger partial charge in [-0.3, -0.25) is 0 Å². The summed E-state index contributed by atoms with van der Waals surface area (Å²) in [5.41, 5.74) is 1.33. The molecule has 1 N–H and O–H groups in total. The molecule has 3 unspecified atom stereocenters. The van der Waals surface area contributed by atoms with Crippen LogP contribution in [0.4, 0.5) is 0 Å². The van der Waals surface area contributed by atoms with Crippen LogP contribution in [0.15, 0.2) is 24.3 Å². The Morgan fingerprint density at radius 1 is 1.37 bits per heavy atom. The Morgan fingerprint density at radius 2 is 2.26 bits per heavy atom. The second-order valence-corrected chi connectivity index (χ2v) is 6.09. The maximum Gasteiger partial charge on any atom is 0.119 e. The summed E-state index contributed by atoms with van der Waals surface area (Å²) in [5.74, 6) is 1.79. The van der Waals surface area contributed by atoms with Gasteiger partial charge in [0.2, 0.25) is 0 Å². The van der Waals surface area contributed by atoms with Crippen molar-refractivity contribution >= 4 is 0 Å². The maximum atomic E-state index is 5.28. The van der Waals surface area contributed by atoms with Crippen molar-refractivity contribution in [2.75, 3.05) is 20.7 Å². The SMILES string of the molecule is COc1cccc(CN(C)CC2CC3CCC2N3)c1. The van der Waals surface area contributed by atoms with Crippen LogP contribution < -0.4 is 10.1 Å². The third-order valence-corrected chi connectivity index (χ3v) is 4.57. The van der Waals surface area contributed by atoms with Gasteiger partial charge >= 0.3 is 0 Å². The molecule has 104 valence electrons. The fourth-order valence-electron chi connectivity index (χ4n) is 3.69. The van der Waals surface area contributed by atoms with Crippen LogP contribution in [0.5, 0.6) is 5.75 Å². The van der Waals surface area contributed by atoms with Gasteiger partial charge in [0.15, 0.2) is 0 Å². The van der Waals surface area contributed by atoms with Gasteiger partial charge in [-0.15, -0.1) is 0 Å². The molecule has 3 heteroatoms. The van der Waals surface area contributed by atoms with E-state index in [1.165, 1.54) is 31.4 Å². The molecule has 0 radical (unpaired) electrons. The molecule has 3 rings (SSSR count). The molecule has 0 aromatic heterocycles. The lowest BCUT2D eigenvalue weighted by Gasteiger charge is -2.26. The van der Waals surface area contributed by atoms with Gasteiger partial charge in [0, 0.05) is 25.2 Å². The summed E-state index contributed by atoms with van der Waals surface area (Å²) in [5, 5.41) is 3.72. The molecule has 2 saturated heterocycles. The standard InChI is InChI=1S/C16H24N2O/c1-18(10-12-4-3-5-15(8-12)19-2)11-13-9-14-6-7-16(13)17-14/h3-5,8,13-14,16-17H,6-7,9-11H2,1-2H3. The van der Waals surface area contributed by atoms with Crippen molar-refractivity contribution in [3.05, 3.63) is 29.8 Å². The summed E-state index contributed by atoms with van der Waals surface area (Å²) >= 11 is 0. The van der Waals surface area contributed by atoms with Gasteiger partial charge in [0.25, 0.3) is 0 Å². The summed E-state index contributed by atoms with van der Waals surface area (Å²) < 4.78 is 5.28. The predicted molar refractivity (Wildman–Crippen MR) is 77.4 cm³/mol. The van der Waals surface area contributed by atoms with Crippen LogP contribution in [-0.4, -0.2) is 37.7 Å². The van der Waals surface area contributed by atoms with Crippen LogP contribution >= 0.6 is 0 Å². The lowest BCUT2D eigenvalue weighted by molar-refractivity contribution is 0.242. The number of hydrogen-bond donors (Lipinski definition) is 1. The molecule has 0 amide bonds. The van der Waals surface area contributed by atoms with Crippen molar-refractivity contribution in [1.82, 2.24) is 10.2 Å². The van der Waals surface area contributed by atoms with Crippen LogP contribution in [0.1, 0.15) is 24.8 Å². The highest BCUT2D eigenvalue weighted by Gasteiger charge is 2.38. The Hall–Kier alpha value is -1.06. The van der Waals surface area contributed by atoms with Gasteiger partial charge in [0.1, 0.15) is 5.75 Å². The molecule has 0 saturated carbocycles. The number of benzene rings is 1. The van der Waals surface area contributed by atoms with Crippen LogP contribution in [-0.2, 0) is 6.54 Å². The van der Waals surface area contributed by atoms with Crippen molar-refractivity contribution < 1.29 is 4.74 Å². The van der Waals surface area contributed by atoms with E-state index in [9.17, 15) is 0 Å². The molecule has 2 bridgehead atoms. The van der Waals surface area contributed by atoms with Crippen LogP contribution in [0, 0.1) is 5.92 Å². The van der Waals surface area contributed by atoms with Crippen molar-refractivity contribution in [3.8, 4) is 5.75 Å². The molecule has 0 spiro atoms. The van der Waals surface area contributed by atoms with Crippen molar-refractivity contribution in [2.45, 2.75) is 37.9 Å². The van der Waals surface area contributed by atoms with Crippen molar-refractivity contribution in [1.29, 1.82) is 0 Å². The molecule has 1 aromatic rings. The van der Waals surface area contributed by atoms with Gasteiger partial charge < -0.3 is 15.0 Å². The predicted octanol–water partition coefficient (Wildman–Crippen LogP) is 2.27. The van der Waals surface area contributed by atoms with E-state index in [-0.39, 0.29) is 0 Å². The smallest absolute Gasteiger partial charge is 0.119 e. The number of rotatable bonds is 5. The molecule has 3 atom stereocenters. The van der Waals surface area contributed by atoms with E-state index in [0.29, 0.717) is 0 Å². The van der Waals surface area contributed by atoms with Gasteiger partial charge in [-0.25, -0.2) is 0 Å². The third kappa shape index (κ3) is 2.93. The monoisotopic (exact) mass is 260 g/mol. The molecular weight excluding hydrogens is 236 g/mol. The summed E-state index contributed by atoms with van der Waals surface area (Å²) in [4.78, 5) is 2.45. The quantitative estimate of drug-likeness (QED) is 0.879. The molecule has 2 aliphatic rings. The maximum absolute atomic E-state index is 5.28. The molecule has 2 fully saturated rings. The highest BCUT2D eigenvalue weighted by molar-refractivity contribution is 5.28. The van der Waals surface area contributed by atoms with Gasteiger partial charge in [-0.05, 0) is 49.9 Å². The lowest BCUT2D eigenvalue weighted by atomic mass is 9.89. The summed E-state index contributed by atoms with van der Waals surface area (Å²) in [6.45, 7) is 2.20. The molecular formula is C16H24N2O. The Bertz CT molecular complexity index is 435. The number of nitrogens with zero attached hydrogens (tertiary/aromatic N) is 1. The van der Waals surface area contributed by atoms with E-state index >= 15 is 0 Å². The second-order valence-electron chi connectivity index (χ2n) is 6.09. The molecule has 19 heavy (non-hydrogen) atoms. The highest BCUT2D eigenvalue weighted by Crippen LogP contribution is 2.33. The van der Waals surface area contributed by atoms with Crippen LogP contribution in [0.3, 0.4) is 0 Å². The third-order valence-electron chi connectivity index (χ3n) is 4.57. The highest BCUT2D eigenvalue weighted by atomic mass is 16.5. The lowest BCUT2D eigenvalue weighted by Crippen LogP contribution is -2.32. The van der Waals surface area contributed by atoms with E-state index in [1.54, 1.807) is 7.11 Å². The van der Waals surface area contributed by atoms with Crippen molar-refractivity contribution in [2.24, 2.45) is 5.92 Å². The van der Waals surface area contributed by atoms with E-state index in [0.717, 1.165) is 30.3 Å². The molecule has 1 aromatic carbocycles. The zero-order chi connectivity index (χ0) is 13.2. The minimum Gasteiger partial charge on any atom is -0.497 e. The normalized spacial score (nSPS) is 29.1. The molecule has 2 heterocycles. The fraction of sp³-hybridized carbons (Fsp3) is 0.625. The number of fused-ring (bicyclic) bond motifs is 2. The van der Waals surface area contributed by atoms with Crippen molar-refractivity contribution in [3.63, 3.8) is 0 Å². The first kappa shape index (κ1) is 12.9. The van der Waals surface area contributed by atoms with E-state index in [2.05, 4.69) is 35.5 Å². The van der Waals surface area contributed by atoms with E-state index in [1.807, 2.05) is 6.07 Å². The van der Waals surface area contributed by atoms with Gasteiger partial charge in [-0.1, -0.05) is 12.1 Å². The van der Waals surface area contributed by atoms with Gasteiger partial charge in [-0.2, -0.15) is 0 Å². The Morgan fingerprint density at radius 3 is 2.95 bits per heavy atom. The topological polar surface area (TPSA) is 24.5 Å². The largest absolute Gasteiger partial charge is 0.497 e. The Kier molecular flexibility index (Phi) is 3.76. The average Bonchev–Trinajstić information content (AvgIpc) is 3.01. The zero-order valence-electron chi connectivity index (χ0n) is 11.9. The first-order valence-electron chi connectivity index (χ1n) is 7.32.